The molecular formula is C21H25N5O2. The van der Waals surface area contributed by atoms with Gasteiger partial charge in [0.15, 0.2) is 5.65 Å². The van der Waals surface area contributed by atoms with E-state index in [0.717, 1.165) is 36.2 Å². The minimum Gasteiger partial charge on any atom is -0.361 e. The van der Waals surface area contributed by atoms with E-state index in [1.807, 2.05) is 37.8 Å². The van der Waals surface area contributed by atoms with Gasteiger partial charge in [-0.05, 0) is 44.7 Å². The molecule has 1 amide bonds. The molecule has 3 aromatic heterocycles. The number of rotatable bonds is 3. The molecule has 4 rings (SSSR count). The van der Waals surface area contributed by atoms with Gasteiger partial charge in [0.25, 0.3) is 5.91 Å². The Morgan fingerprint density at radius 3 is 2.89 bits per heavy atom. The van der Waals surface area contributed by atoms with Crippen LogP contribution in [0.3, 0.4) is 0 Å². The molecular weight excluding hydrogens is 354 g/mol. The minimum absolute atomic E-state index is 0.000332. The summed E-state index contributed by atoms with van der Waals surface area (Å²) in [6, 6.07) is 3.92. The number of piperidine rings is 1. The lowest BCUT2D eigenvalue weighted by molar-refractivity contribution is 0.0703. The topological polar surface area (TPSA) is 85.0 Å². The predicted molar refractivity (Wildman–Crippen MR) is 105 cm³/mol. The fourth-order valence-corrected chi connectivity index (χ4v) is 4.00. The van der Waals surface area contributed by atoms with Gasteiger partial charge in [0.2, 0.25) is 0 Å². The van der Waals surface area contributed by atoms with Gasteiger partial charge in [0, 0.05) is 30.6 Å². The molecule has 146 valence electrons. The average molecular weight is 379 g/mol. The van der Waals surface area contributed by atoms with E-state index in [1.165, 1.54) is 0 Å². The van der Waals surface area contributed by atoms with Crippen LogP contribution in [0.5, 0.6) is 0 Å². The van der Waals surface area contributed by atoms with Crippen molar-refractivity contribution in [3.63, 3.8) is 0 Å². The minimum atomic E-state index is 0.000332. The van der Waals surface area contributed by atoms with Crippen molar-refractivity contribution in [1.29, 1.82) is 0 Å². The van der Waals surface area contributed by atoms with Crippen LogP contribution in [-0.4, -0.2) is 44.0 Å². The van der Waals surface area contributed by atoms with Crippen molar-refractivity contribution in [2.45, 2.75) is 52.4 Å². The second-order valence-corrected chi connectivity index (χ2v) is 7.77. The first-order valence-corrected chi connectivity index (χ1v) is 9.80. The van der Waals surface area contributed by atoms with E-state index in [2.05, 4.69) is 15.1 Å². The van der Waals surface area contributed by atoms with Crippen molar-refractivity contribution < 1.29 is 9.32 Å². The van der Waals surface area contributed by atoms with E-state index in [-0.39, 0.29) is 17.7 Å². The summed E-state index contributed by atoms with van der Waals surface area (Å²) in [5, 5.41) is 5.08. The molecule has 1 aliphatic heterocycles. The van der Waals surface area contributed by atoms with Gasteiger partial charge in [-0.25, -0.2) is 15.0 Å². The maximum atomic E-state index is 13.3. The van der Waals surface area contributed by atoms with Crippen molar-refractivity contribution >= 4 is 16.9 Å². The Morgan fingerprint density at radius 2 is 2.11 bits per heavy atom. The fraction of sp³-hybridized carbons (Fsp3) is 0.476. The van der Waals surface area contributed by atoms with Crippen LogP contribution in [0.25, 0.3) is 11.0 Å². The van der Waals surface area contributed by atoms with Crippen molar-refractivity contribution in [1.82, 2.24) is 25.0 Å². The maximum absolute atomic E-state index is 13.3. The Morgan fingerprint density at radius 1 is 1.29 bits per heavy atom. The molecule has 1 fully saturated rings. The lowest BCUT2D eigenvalue weighted by atomic mass is 9.91. The van der Waals surface area contributed by atoms with Gasteiger partial charge < -0.3 is 9.42 Å². The molecule has 4 heterocycles. The molecule has 0 saturated carbocycles. The quantitative estimate of drug-likeness (QED) is 0.689. The van der Waals surface area contributed by atoms with Crippen molar-refractivity contribution in [2.24, 2.45) is 0 Å². The molecule has 1 saturated heterocycles. The van der Waals surface area contributed by atoms with Crippen LogP contribution in [0.2, 0.25) is 0 Å². The van der Waals surface area contributed by atoms with E-state index in [9.17, 15) is 4.79 Å². The first kappa shape index (κ1) is 18.5. The Hall–Kier alpha value is -2.83. The van der Waals surface area contributed by atoms with E-state index in [1.54, 1.807) is 13.1 Å². The van der Waals surface area contributed by atoms with Gasteiger partial charge >= 0.3 is 0 Å². The Kier molecular flexibility index (Phi) is 4.83. The highest BCUT2D eigenvalue weighted by Gasteiger charge is 2.31. The SMILES string of the molecule is Cc1nc(C2CCCN(C(=O)c3c(C(C)C)noc3C)C2)c2cccnc2n1. The second kappa shape index (κ2) is 7.30. The summed E-state index contributed by atoms with van der Waals surface area (Å²) >= 11 is 0. The van der Waals surface area contributed by atoms with E-state index in [4.69, 9.17) is 9.51 Å². The van der Waals surface area contributed by atoms with E-state index in [0.29, 0.717) is 29.3 Å². The van der Waals surface area contributed by atoms with Crippen molar-refractivity contribution in [3.05, 3.63) is 46.9 Å². The lowest BCUT2D eigenvalue weighted by Crippen LogP contribution is -2.40. The van der Waals surface area contributed by atoms with Gasteiger partial charge in [-0.3, -0.25) is 4.79 Å². The van der Waals surface area contributed by atoms with Crippen LogP contribution in [0.4, 0.5) is 0 Å². The number of carbonyl (C=O) groups is 1. The number of nitrogens with zero attached hydrogens (tertiary/aromatic N) is 5. The van der Waals surface area contributed by atoms with Gasteiger partial charge in [-0.1, -0.05) is 19.0 Å². The van der Waals surface area contributed by atoms with Crippen LogP contribution < -0.4 is 0 Å². The number of aromatic nitrogens is 4. The third kappa shape index (κ3) is 3.25. The highest BCUT2D eigenvalue weighted by Crippen LogP contribution is 2.32. The zero-order valence-electron chi connectivity index (χ0n) is 16.8. The summed E-state index contributed by atoms with van der Waals surface area (Å²) in [4.78, 5) is 28.8. The largest absolute Gasteiger partial charge is 0.361 e. The van der Waals surface area contributed by atoms with Crippen LogP contribution in [0.15, 0.2) is 22.9 Å². The number of fused-ring (bicyclic) bond motifs is 1. The maximum Gasteiger partial charge on any atom is 0.259 e. The Labute approximate surface area is 164 Å². The molecule has 0 radical (unpaired) electrons. The molecule has 0 bridgehead atoms. The molecule has 1 aliphatic rings. The van der Waals surface area contributed by atoms with Crippen LogP contribution in [0.1, 0.15) is 71.9 Å². The number of amides is 1. The zero-order chi connectivity index (χ0) is 19.8. The summed E-state index contributed by atoms with van der Waals surface area (Å²) in [7, 11) is 0. The first-order valence-electron chi connectivity index (χ1n) is 9.80. The molecule has 7 nitrogen and oxygen atoms in total. The number of aryl methyl sites for hydroxylation is 2. The molecule has 1 unspecified atom stereocenters. The van der Waals surface area contributed by atoms with Crippen LogP contribution in [0, 0.1) is 13.8 Å². The van der Waals surface area contributed by atoms with Gasteiger partial charge in [0.1, 0.15) is 17.1 Å². The van der Waals surface area contributed by atoms with Crippen LogP contribution in [-0.2, 0) is 0 Å². The molecule has 28 heavy (non-hydrogen) atoms. The number of pyridine rings is 1. The zero-order valence-corrected chi connectivity index (χ0v) is 16.8. The molecule has 3 aromatic rings. The lowest BCUT2D eigenvalue weighted by Gasteiger charge is -2.33. The molecule has 0 aromatic carbocycles. The fourth-order valence-electron chi connectivity index (χ4n) is 4.00. The highest BCUT2D eigenvalue weighted by atomic mass is 16.5. The number of hydrogen-bond acceptors (Lipinski definition) is 6. The number of likely N-dealkylation sites (tertiary alicyclic amines) is 1. The summed E-state index contributed by atoms with van der Waals surface area (Å²) in [5.41, 5.74) is 3.04. The summed E-state index contributed by atoms with van der Waals surface area (Å²) < 4.78 is 5.33. The normalized spacial score (nSPS) is 17.5. The smallest absolute Gasteiger partial charge is 0.259 e. The summed E-state index contributed by atoms with van der Waals surface area (Å²) in [6.07, 6.45) is 3.67. The molecule has 1 atom stereocenters. The predicted octanol–water partition coefficient (Wildman–Crippen LogP) is 3.77. The first-order chi connectivity index (χ1) is 13.5. The van der Waals surface area contributed by atoms with E-state index < -0.39 is 0 Å². The third-order valence-corrected chi connectivity index (χ3v) is 5.36. The molecule has 0 spiro atoms. The van der Waals surface area contributed by atoms with Gasteiger partial charge in [-0.2, -0.15) is 0 Å². The third-order valence-electron chi connectivity index (χ3n) is 5.36. The molecule has 0 aliphatic carbocycles. The van der Waals surface area contributed by atoms with Crippen molar-refractivity contribution in [3.8, 4) is 0 Å². The van der Waals surface area contributed by atoms with Gasteiger partial charge in [-0.15, -0.1) is 0 Å². The summed E-state index contributed by atoms with van der Waals surface area (Å²) in [6.45, 7) is 9.10. The number of hydrogen-bond donors (Lipinski definition) is 0. The Bertz CT molecular complexity index is 1030. The van der Waals surface area contributed by atoms with E-state index >= 15 is 0 Å². The van der Waals surface area contributed by atoms with Crippen LogP contribution >= 0.6 is 0 Å². The van der Waals surface area contributed by atoms with Gasteiger partial charge in [0.05, 0.1) is 11.4 Å². The summed E-state index contributed by atoms with van der Waals surface area (Å²) in [5.74, 6) is 1.59. The second-order valence-electron chi connectivity index (χ2n) is 7.77. The number of carbonyl (C=O) groups excluding carboxylic acids is 1. The van der Waals surface area contributed by atoms with Crippen molar-refractivity contribution in [2.75, 3.05) is 13.1 Å². The Balaban J connectivity index is 1.66. The molecule has 0 N–H and O–H groups in total. The highest BCUT2D eigenvalue weighted by molar-refractivity contribution is 5.96. The monoisotopic (exact) mass is 379 g/mol. The average Bonchev–Trinajstić information content (AvgIpc) is 3.08. The standard InChI is InChI=1S/C21H25N5O2/c1-12(2)18-17(13(3)28-25-18)21(27)26-10-6-7-15(11-26)19-16-8-5-9-22-20(16)24-14(4)23-19/h5,8-9,12,15H,6-7,10-11H2,1-4H3. The molecule has 7 heteroatoms.